The van der Waals surface area contributed by atoms with E-state index in [1.54, 1.807) is 48.5 Å². The molecule has 1 amide bonds. The van der Waals surface area contributed by atoms with Crippen molar-refractivity contribution in [2.45, 2.75) is 24.7 Å². The first-order valence-corrected chi connectivity index (χ1v) is 9.72. The van der Waals surface area contributed by atoms with Gasteiger partial charge in [0.2, 0.25) is 0 Å². The van der Waals surface area contributed by atoms with Crippen molar-refractivity contribution in [1.29, 1.82) is 0 Å². The second-order valence-electron chi connectivity index (χ2n) is 6.83. The second kappa shape index (κ2) is 7.85. The maximum absolute atomic E-state index is 13.8. The maximum Gasteiger partial charge on any atom is 0.410 e. The first kappa shape index (κ1) is 20.6. The monoisotopic (exact) mass is 454 g/mol. The van der Waals surface area contributed by atoms with Crippen molar-refractivity contribution in [2.75, 3.05) is 10.6 Å². The van der Waals surface area contributed by atoms with E-state index < -0.39 is 24.2 Å². The SMILES string of the molecule is O=C(Nc1ccccc1Cl)c1cc2n(n1)C(C(F)(F)F)CC(c1ccc(Cl)cc1)N2. The summed E-state index contributed by atoms with van der Waals surface area (Å²) in [6, 6.07) is 11.9. The summed E-state index contributed by atoms with van der Waals surface area (Å²) in [5.74, 6) is -0.552. The third-order valence-corrected chi connectivity index (χ3v) is 5.40. The summed E-state index contributed by atoms with van der Waals surface area (Å²) < 4.78 is 42.1. The molecular formula is C20H15Cl2F3N4O. The van der Waals surface area contributed by atoms with Crippen LogP contribution in [0.3, 0.4) is 0 Å². The molecule has 10 heteroatoms. The fourth-order valence-corrected chi connectivity index (χ4v) is 3.66. The van der Waals surface area contributed by atoms with Gasteiger partial charge in [0.25, 0.3) is 5.91 Å². The predicted octanol–water partition coefficient (Wildman–Crippen LogP) is 6.10. The van der Waals surface area contributed by atoms with Crippen LogP contribution in [-0.4, -0.2) is 21.9 Å². The van der Waals surface area contributed by atoms with E-state index in [0.29, 0.717) is 21.3 Å². The normalized spacial score (nSPS) is 18.4. The molecule has 156 valence electrons. The summed E-state index contributed by atoms with van der Waals surface area (Å²) in [6.45, 7) is 0. The Labute approximate surface area is 179 Å². The standard InChI is InChI=1S/C20H15Cl2F3N4O/c21-12-7-5-11(6-8-12)15-9-17(20(23,24)25)29-18(26-15)10-16(28-29)19(30)27-14-4-2-1-3-13(14)22/h1-8,10,15,17,26H,9H2,(H,27,30). The lowest BCUT2D eigenvalue weighted by Crippen LogP contribution is -2.35. The molecule has 0 spiro atoms. The minimum atomic E-state index is -4.54. The third-order valence-electron chi connectivity index (χ3n) is 4.82. The fraction of sp³-hybridized carbons (Fsp3) is 0.200. The van der Waals surface area contributed by atoms with Crippen molar-refractivity contribution >= 4 is 40.6 Å². The van der Waals surface area contributed by atoms with Crippen LogP contribution in [0.15, 0.2) is 54.6 Å². The molecule has 30 heavy (non-hydrogen) atoms. The number of para-hydroxylation sites is 1. The molecule has 0 saturated carbocycles. The summed E-state index contributed by atoms with van der Waals surface area (Å²) >= 11 is 11.9. The zero-order chi connectivity index (χ0) is 21.5. The average Bonchev–Trinajstić information content (AvgIpc) is 3.13. The van der Waals surface area contributed by atoms with Gasteiger partial charge in [0.05, 0.1) is 16.8 Å². The molecule has 0 bridgehead atoms. The molecule has 2 unspecified atom stereocenters. The van der Waals surface area contributed by atoms with Gasteiger partial charge in [-0.2, -0.15) is 18.3 Å². The number of benzene rings is 2. The molecule has 2 aromatic carbocycles. The van der Waals surface area contributed by atoms with E-state index in [1.165, 1.54) is 6.07 Å². The van der Waals surface area contributed by atoms with E-state index in [2.05, 4.69) is 15.7 Å². The van der Waals surface area contributed by atoms with Crippen molar-refractivity contribution in [2.24, 2.45) is 0 Å². The molecule has 0 aliphatic carbocycles. The highest BCUT2D eigenvalue weighted by molar-refractivity contribution is 6.33. The highest BCUT2D eigenvalue weighted by Gasteiger charge is 2.46. The lowest BCUT2D eigenvalue weighted by molar-refractivity contribution is -0.173. The Morgan fingerprint density at radius 2 is 1.83 bits per heavy atom. The summed E-state index contributed by atoms with van der Waals surface area (Å²) in [6.07, 6.45) is -4.81. The molecule has 0 fully saturated rings. The van der Waals surface area contributed by atoms with Crippen LogP contribution >= 0.6 is 23.2 Å². The molecule has 3 aromatic rings. The Hall–Kier alpha value is -2.71. The van der Waals surface area contributed by atoms with E-state index >= 15 is 0 Å². The van der Waals surface area contributed by atoms with Crippen molar-refractivity contribution in [1.82, 2.24) is 9.78 Å². The number of alkyl halides is 3. The van der Waals surface area contributed by atoms with Crippen LogP contribution in [-0.2, 0) is 0 Å². The van der Waals surface area contributed by atoms with Crippen LogP contribution in [0.2, 0.25) is 10.0 Å². The van der Waals surface area contributed by atoms with Crippen molar-refractivity contribution in [3.63, 3.8) is 0 Å². The van der Waals surface area contributed by atoms with Gasteiger partial charge < -0.3 is 10.6 Å². The van der Waals surface area contributed by atoms with Gasteiger partial charge in [0.15, 0.2) is 11.7 Å². The Bertz CT molecular complexity index is 1080. The van der Waals surface area contributed by atoms with Gasteiger partial charge >= 0.3 is 6.18 Å². The number of carbonyl (C=O) groups is 1. The van der Waals surface area contributed by atoms with Crippen molar-refractivity contribution in [3.05, 3.63) is 75.9 Å². The quantitative estimate of drug-likeness (QED) is 0.502. The average molecular weight is 455 g/mol. The summed E-state index contributed by atoms with van der Waals surface area (Å²) in [4.78, 5) is 12.6. The number of hydrogen-bond donors (Lipinski definition) is 2. The second-order valence-corrected chi connectivity index (χ2v) is 7.68. The van der Waals surface area contributed by atoms with E-state index in [4.69, 9.17) is 23.2 Å². The number of fused-ring (bicyclic) bond motifs is 1. The molecule has 0 radical (unpaired) electrons. The first-order chi connectivity index (χ1) is 14.2. The smallest absolute Gasteiger partial charge is 0.363 e. The summed E-state index contributed by atoms with van der Waals surface area (Å²) in [5.41, 5.74) is 0.848. The molecule has 2 atom stereocenters. The molecule has 1 aliphatic heterocycles. The molecule has 5 nitrogen and oxygen atoms in total. The van der Waals surface area contributed by atoms with Gasteiger partial charge in [0, 0.05) is 17.5 Å². The van der Waals surface area contributed by atoms with E-state index in [-0.39, 0.29) is 17.9 Å². The Morgan fingerprint density at radius 3 is 2.50 bits per heavy atom. The first-order valence-electron chi connectivity index (χ1n) is 8.96. The van der Waals surface area contributed by atoms with E-state index in [1.807, 2.05) is 0 Å². The fourth-order valence-electron chi connectivity index (χ4n) is 3.35. The number of nitrogens with one attached hydrogen (secondary N) is 2. The van der Waals surface area contributed by atoms with Gasteiger partial charge in [-0.15, -0.1) is 0 Å². The minimum Gasteiger partial charge on any atom is -0.363 e. The molecule has 4 rings (SSSR count). The highest BCUT2D eigenvalue weighted by atomic mass is 35.5. The number of carbonyl (C=O) groups excluding carboxylic acids is 1. The molecular weight excluding hydrogens is 440 g/mol. The topological polar surface area (TPSA) is 59.0 Å². The third kappa shape index (κ3) is 4.11. The molecule has 2 N–H and O–H groups in total. The number of rotatable bonds is 3. The Balaban J connectivity index is 1.65. The highest BCUT2D eigenvalue weighted by Crippen LogP contribution is 2.43. The molecule has 0 saturated heterocycles. The van der Waals surface area contributed by atoms with Gasteiger partial charge in [0.1, 0.15) is 5.82 Å². The molecule has 2 heterocycles. The van der Waals surface area contributed by atoms with Crippen LogP contribution in [0.4, 0.5) is 24.7 Å². The molecule has 1 aliphatic rings. The predicted molar refractivity (Wildman–Crippen MR) is 109 cm³/mol. The maximum atomic E-state index is 13.8. The lowest BCUT2D eigenvalue weighted by Gasteiger charge is -2.33. The number of anilines is 2. The zero-order valence-electron chi connectivity index (χ0n) is 15.3. The number of halogens is 5. The summed E-state index contributed by atoms with van der Waals surface area (Å²) in [7, 11) is 0. The number of hydrogen-bond acceptors (Lipinski definition) is 3. The van der Waals surface area contributed by atoms with Crippen LogP contribution in [0.5, 0.6) is 0 Å². The van der Waals surface area contributed by atoms with E-state index in [9.17, 15) is 18.0 Å². The van der Waals surface area contributed by atoms with Gasteiger partial charge in [-0.25, -0.2) is 4.68 Å². The number of nitrogens with zero attached hydrogens (tertiary/aromatic N) is 2. The van der Waals surface area contributed by atoms with Crippen molar-refractivity contribution < 1.29 is 18.0 Å². The summed E-state index contributed by atoms with van der Waals surface area (Å²) in [5, 5.41) is 10.3. The van der Waals surface area contributed by atoms with Crippen LogP contribution in [0.25, 0.3) is 0 Å². The lowest BCUT2D eigenvalue weighted by atomic mass is 9.97. The zero-order valence-corrected chi connectivity index (χ0v) is 16.8. The van der Waals surface area contributed by atoms with Gasteiger partial charge in [-0.3, -0.25) is 4.79 Å². The van der Waals surface area contributed by atoms with E-state index in [0.717, 1.165) is 4.68 Å². The minimum absolute atomic E-state index is 0.104. The molecule has 1 aromatic heterocycles. The Morgan fingerprint density at radius 1 is 1.13 bits per heavy atom. The van der Waals surface area contributed by atoms with Crippen LogP contribution in [0, 0.1) is 0 Å². The largest absolute Gasteiger partial charge is 0.410 e. The Kier molecular flexibility index (Phi) is 5.38. The van der Waals surface area contributed by atoms with Gasteiger partial charge in [-0.05, 0) is 29.8 Å². The van der Waals surface area contributed by atoms with Crippen molar-refractivity contribution in [3.8, 4) is 0 Å². The van der Waals surface area contributed by atoms with Crippen LogP contribution < -0.4 is 10.6 Å². The van der Waals surface area contributed by atoms with Crippen LogP contribution in [0.1, 0.15) is 34.6 Å². The number of amides is 1. The number of aromatic nitrogens is 2. The van der Waals surface area contributed by atoms with Gasteiger partial charge in [-0.1, -0.05) is 47.5 Å².